The average molecular weight is 274 g/mol. The molecule has 0 bridgehead atoms. The number of benzene rings is 1. The summed E-state index contributed by atoms with van der Waals surface area (Å²) in [7, 11) is 0. The van der Waals surface area contributed by atoms with Gasteiger partial charge >= 0.3 is 0 Å². The largest absolute Gasteiger partial charge is 0.375 e. The highest BCUT2D eigenvalue weighted by molar-refractivity contribution is 6.37. The predicted molar refractivity (Wildman–Crippen MR) is 64.3 cm³/mol. The molecular formula is C11H9Cl2NO3. The molecule has 4 nitrogen and oxygen atoms in total. The monoisotopic (exact) mass is 273 g/mol. The zero-order chi connectivity index (χ0) is 12.8. The van der Waals surface area contributed by atoms with Gasteiger partial charge in [-0.05, 0) is 19.1 Å². The van der Waals surface area contributed by atoms with E-state index in [-0.39, 0.29) is 22.8 Å². The van der Waals surface area contributed by atoms with Gasteiger partial charge in [0.1, 0.15) is 5.78 Å². The van der Waals surface area contributed by atoms with Gasteiger partial charge in [-0.25, -0.2) is 0 Å². The molecule has 0 saturated heterocycles. The van der Waals surface area contributed by atoms with Gasteiger partial charge in [0.15, 0.2) is 5.60 Å². The van der Waals surface area contributed by atoms with Crippen LogP contribution in [0.4, 0.5) is 5.69 Å². The number of aliphatic hydroxyl groups is 1. The Morgan fingerprint density at radius 2 is 2.12 bits per heavy atom. The highest BCUT2D eigenvalue weighted by Crippen LogP contribution is 2.43. The van der Waals surface area contributed by atoms with E-state index in [1.54, 1.807) is 0 Å². The van der Waals surface area contributed by atoms with E-state index in [2.05, 4.69) is 5.32 Å². The maximum Gasteiger partial charge on any atom is 0.261 e. The van der Waals surface area contributed by atoms with Gasteiger partial charge in [0, 0.05) is 17.0 Å². The van der Waals surface area contributed by atoms with Crippen LogP contribution in [-0.4, -0.2) is 16.8 Å². The number of anilines is 1. The van der Waals surface area contributed by atoms with E-state index >= 15 is 0 Å². The highest BCUT2D eigenvalue weighted by atomic mass is 35.5. The maximum absolute atomic E-state index is 11.7. The lowest BCUT2D eigenvalue weighted by Gasteiger charge is -2.19. The van der Waals surface area contributed by atoms with Crippen LogP contribution in [0, 0.1) is 0 Å². The Hall–Kier alpha value is -1.10. The second-order valence-electron chi connectivity index (χ2n) is 4.00. The standard InChI is InChI=1S/C11H9Cl2NO3/c1-5(15)4-11(17)7-2-6(12)3-8(13)9(7)14-10(11)16/h2-3,17H,4H2,1H3,(H,14,16)/t11-/m1/s1. The maximum atomic E-state index is 11.7. The SMILES string of the molecule is CC(=O)C[C@]1(O)C(=O)Nc2c(Cl)cc(Cl)cc21. The van der Waals surface area contributed by atoms with E-state index in [4.69, 9.17) is 23.2 Å². The molecule has 1 amide bonds. The van der Waals surface area contributed by atoms with Crippen molar-refractivity contribution in [2.24, 2.45) is 0 Å². The molecule has 90 valence electrons. The number of ketones is 1. The summed E-state index contributed by atoms with van der Waals surface area (Å²) in [5.74, 6) is -0.960. The fourth-order valence-corrected chi connectivity index (χ4v) is 2.44. The Balaban J connectivity index is 2.60. The fraction of sp³-hybridized carbons (Fsp3) is 0.273. The Labute approximate surface area is 108 Å². The molecule has 17 heavy (non-hydrogen) atoms. The second-order valence-corrected chi connectivity index (χ2v) is 4.85. The zero-order valence-electron chi connectivity index (χ0n) is 8.88. The van der Waals surface area contributed by atoms with E-state index in [0.717, 1.165) is 0 Å². The summed E-state index contributed by atoms with van der Waals surface area (Å²) in [6.07, 6.45) is -0.303. The van der Waals surface area contributed by atoms with Crippen LogP contribution in [-0.2, 0) is 15.2 Å². The van der Waals surface area contributed by atoms with E-state index in [9.17, 15) is 14.7 Å². The van der Waals surface area contributed by atoms with Crippen LogP contribution in [0.25, 0.3) is 0 Å². The van der Waals surface area contributed by atoms with Crippen molar-refractivity contribution in [3.05, 3.63) is 27.7 Å². The molecule has 0 spiro atoms. The van der Waals surface area contributed by atoms with Gasteiger partial charge in [0.2, 0.25) is 0 Å². The number of halogens is 2. The predicted octanol–water partition coefficient (Wildman–Crippen LogP) is 2.11. The van der Waals surface area contributed by atoms with Crippen LogP contribution < -0.4 is 5.32 Å². The molecular weight excluding hydrogens is 265 g/mol. The molecule has 0 radical (unpaired) electrons. The van der Waals surface area contributed by atoms with E-state index in [1.807, 2.05) is 0 Å². The zero-order valence-corrected chi connectivity index (χ0v) is 10.4. The Bertz CT molecular complexity index is 530. The number of fused-ring (bicyclic) bond motifs is 1. The van der Waals surface area contributed by atoms with Gasteiger partial charge < -0.3 is 10.4 Å². The minimum atomic E-state index is -1.88. The molecule has 0 saturated carbocycles. The quantitative estimate of drug-likeness (QED) is 0.868. The first-order chi connectivity index (χ1) is 7.84. The van der Waals surface area contributed by atoms with Crippen molar-refractivity contribution < 1.29 is 14.7 Å². The van der Waals surface area contributed by atoms with E-state index in [0.29, 0.717) is 10.7 Å². The summed E-state index contributed by atoms with van der Waals surface area (Å²) in [5.41, 5.74) is -1.32. The third-order valence-corrected chi connectivity index (χ3v) is 3.14. The van der Waals surface area contributed by atoms with Crippen LogP contribution >= 0.6 is 23.2 Å². The number of rotatable bonds is 2. The number of carbonyl (C=O) groups is 2. The number of amides is 1. The average Bonchev–Trinajstić information content (AvgIpc) is 2.41. The minimum absolute atomic E-state index is 0.236. The normalized spacial score (nSPS) is 22.2. The molecule has 1 aliphatic rings. The Morgan fingerprint density at radius 1 is 1.47 bits per heavy atom. The molecule has 1 aromatic carbocycles. The highest BCUT2D eigenvalue weighted by Gasteiger charge is 2.47. The molecule has 1 aliphatic heterocycles. The number of nitrogens with one attached hydrogen (secondary N) is 1. The third kappa shape index (κ3) is 1.92. The molecule has 0 aliphatic carbocycles. The van der Waals surface area contributed by atoms with Crippen LogP contribution in [0.2, 0.25) is 10.0 Å². The van der Waals surface area contributed by atoms with Crippen molar-refractivity contribution in [3.8, 4) is 0 Å². The first kappa shape index (κ1) is 12.4. The van der Waals surface area contributed by atoms with Crippen LogP contribution in [0.15, 0.2) is 12.1 Å². The summed E-state index contributed by atoms with van der Waals surface area (Å²) in [6, 6.07) is 2.89. The van der Waals surface area contributed by atoms with Gasteiger partial charge in [0.05, 0.1) is 10.7 Å². The van der Waals surface area contributed by atoms with Crippen molar-refractivity contribution in [2.75, 3.05) is 5.32 Å². The van der Waals surface area contributed by atoms with Crippen LogP contribution in [0.3, 0.4) is 0 Å². The van der Waals surface area contributed by atoms with E-state index in [1.165, 1.54) is 19.1 Å². The molecule has 0 aromatic heterocycles. The van der Waals surface area contributed by atoms with Crippen molar-refractivity contribution in [1.82, 2.24) is 0 Å². The molecule has 2 N–H and O–H groups in total. The minimum Gasteiger partial charge on any atom is -0.375 e. The topological polar surface area (TPSA) is 66.4 Å². The summed E-state index contributed by atoms with van der Waals surface area (Å²) in [5, 5.41) is 13.3. The number of carbonyl (C=O) groups excluding carboxylic acids is 2. The van der Waals surface area contributed by atoms with Crippen molar-refractivity contribution in [2.45, 2.75) is 18.9 Å². The summed E-state index contributed by atoms with van der Waals surface area (Å²) in [6.45, 7) is 1.30. The van der Waals surface area contributed by atoms with Gasteiger partial charge in [-0.3, -0.25) is 9.59 Å². The fourth-order valence-electron chi connectivity index (χ4n) is 1.90. The molecule has 0 fully saturated rings. The lowest BCUT2D eigenvalue weighted by molar-refractivity contribution is -0.139. The third-order valence-electron chi connectivity index (χ3n) is 2.62. The van der Waals surface area contributed by atoms with Crippen molar-refractivity contribution in [3.63, 3.8) is 0 Å². The molecule has 6 heteroatoms. The van der Waals surface area contributed by atoms with Crippen LogP contribution in [0.1, 0.15) is 18.9 Å². The molecule has 1 heterocycles. The van der Waals surface area contributed by atoms with Crippen molar-refractivity contribution in [1.29, 1.82) is 0 Å². The lowest BCUT2D eigenvalue weighted by atomic mass is 9.90. The number of hydrogen-bond acceptors (Lipinski definition) is 3. The number of hydrogen-bond donors (Lipinski definition) is 2. The van der Waals surface area contributed by atoms with E-state index < -0.39 is 11.5 Å². The number of Topliss-reactive ketones (excluding diaryl/α,β-unsaturated/α-hetero) is 1. The molecule has 1 atom stereocenters. The summed E-state index contributed by atoms with van der Waals surface area (Å²) in [4.78, 5) is 22.9. The Morgan fingerprint density at radius 3 is 2.71 bits per heavy atom. The molecule has 2 rings (SSSR count). The van der Waals surface area contributed by atoms with Gasteiger partial charge in [-0.2, -0.15) is 0 Å². The van der Waals surface area contributed by atoms with Gasteiger partial charge in [0.25, 0.3) is 5.91 Å². The molecule has 0 unspecified atom stereocenters. The summed E-state index contributed by atoms with van der Waals surface area (Å²) < 4.78 is 0. The first-order valence-corrected chi connectivity index (χ1v) is 5.63. The summed E-state index contributed by atoms with van der Waals surface area (Å²) >= 11 is 11.7. The lowest BCUT2D eigenvalue weighted by Crippen LogP contribution is -2.35. The van der Waals surface area contributed by atoms with Gasteiger partial charge in [-0.15, -0.1) is 0 Å². The molecule has 1 aromatic rings. The Kier molecular flexibility index (Phi) is 2.89. The smallest absolute Gasteiger partial charge is 0.261 e. The van der Waals surface area contributed by atoms with Crippen LogP contribution in [0.5, 0.6) is 0 Å². The van der Waals surface area contributed by atoms with Crippen molar-refractivity contribution >= 4 is 40.6 Å². The van der Waals surface area contributed by atoms with Gasteiger partial charge in [-0.1, -0.05) is 23.2 Å². The first-order valence-electron chi connectivity index (χ1n) is 4.87. The second kappa shape index (κ2) is 3.98.